The van der Waals surface area contributed by atoms with Crippen molar-refractivity contribution >= 4 is 33.3 Å². The molecule has 1 rings (SSSR count). The molecule has 0 N–H and O–H groups in total. The molecule has 0 aliphatic rings. The Morgan fingerprint density at radius 3 is 2.64 bits per heavy atom. The van der Waals surface area contributed by atoms with Gasteiger partial charge in [-0.15, -0.1) is 0 Å². The summed E-state index contributed by atoms with van der Waals surface area (Å²) in [5.74, 6) is -0.923. The molecular formula is C6H2BrClF2N2O2. The first kappa shape index (κ1) is 11.3. The fourth-order valence-electron chi connectivity index (χ4n) is 0.810. The average Bonchev–Trinajstić information content (AvgIpc) is 2.08. The average molecular weight is 287 g/mol. The van der Waals surface area contributed by atoms with Gasteiger partial charge in [0.15, 0.2) is 6.20 Å². The zero-order valence-electron chi connectivity index (χ0n) is 6.38. The van der Waals surface area contributed by atoms with Crippen LogP contribution in [0.4, 0.5) is 14.6 Å². The third kappa shape index (κ3) is 1.98. The van der Waals surface area contributed by atoms with E-state index >= 15 is 0 Å². The van der Waals surface area contributed by atoms with Crippen LogP contribution in [0.2, 0.25) is 5.02 Å². The number of nitro groups is 1. The van der Waals surface area contributed by atoms with Crippen LogP contribution < -0.4 is 0 Å². The molecule has 0 spiro atoms. The minimum atomic E-state index is -3.03. The summed E-state index contributed by atoms with van der Waals surface area (Å²) in [6.45, 7) is 0. The number of hydrogen-bond acceptors (Lipinski definition) is 3. The second-order valence-electron chi connectivity index (χ2n) is 2.22. The highest BCUT2D eigenvalue weighted by molar-refractivity contribution is 9.10. The van der Waals surface area contributed by atoms with E-state index in [0.29, 0.717) is 0 Å². The van der Waals surface area contributed by atoms with Crippen LogP contribution in [0.5, 0.6) is 0 Å². The SMILES string of the molecule is O=[N+]([O-])c1ncc(Br)c(Cl)c1C(F)F. The van der Waals surface area contributed by atoms with Gasteiger partial charge in [0.25, 0.3) is 6.43 Å². The highest BCUT2D eigenvalue weighted by atomic mass is 79.9. The third-order valence-electron chi connectivity index (χ3n) is 1.38. The minimum Gasteiger partial charge on any atom is -0.358 e. The molecule has 0 aliphatic carbocycles. The third-order valence-corrected chi connectivity index (χ3v) is 2.62. The topological polar surface area (TPSA) is 56.0 Å². The first-order valence-electron chi connectivity index (χ1n) is 3.21. The summed E-state index contributed by atoms with van der Waals surface area (Å²) in [6, 6.07) is 0. The molecule has 8 heteroatoms. The highest BCUT2D eigenvalue weighted by Crippen LogP contribution is 2.37. The van der Waals surface area contributed by atoms with Crippen molar-refractivity contribution in [2.75, 3.05) is 0 Å². The second-order valence-corrected chi connectivity index (χ2v) is 3.45. The Kier molecular flexibility index (Phi) is 3.33. The van der Waals surface area contributed by atoms with Crippen LogP contribution in [0.1, 0.15) is 12.0 Å². The van der Waals surface area contributed by atoms with Gasteiger partial charge in [-0.1, -0.05) is 11.6 Å². The highest BCUT2D eigenvalue weighted by Gasteiger charge is 2.28. The van der Waals surface area contributed by atoms with Crippen LogP contribution >= 0.6 is 27.5 Å². The maximum Gasteiger partial charge on any atom is 0.374 e. The van der Waals surface area contributed by atoms with Gasteiger partial charge in [0.2, 0.25) is 0 Å². The molecule has 0 aliphatic heterocycles. The molecule has 4 nitrogen and oxygen atoms in total. The first-order valence-corrected chi connectivity index (χ1v) is 4.38. The van der Waals surface area contributed by atoms with E-state index in [9.17, 15) is 18.9 Å². The summed E-state index contributed by atoms with van der Waals surface area (Å²) in [5, 5.41) is 9.94. The largest absolute Gasteiger partial charge is 0.374 e. The molecular weight excluding hydrogens is 285 g/mol. The number of aromatic nitrogens is 1. The van der Waals surface area contributed by atoms with E-state index in [1.54, 1.807) is 0 Å². The van der Waals surface area contributed by atoms with Crippen molar-refractivity contribution in [3.05, 3.63) is 31.4 Å². The van der Waals surface area contributed by atoms with Gasteiger partial charge in [-0.3, -0.25) is 0 Å². The van der Waals surface area contributed by atoms with Gasteiger partial charge in [-0.25, -0.2) is 8.78 Å². The van der Waals surface area contributed by atoms with Gasteiger partial charge >= 0.3 is 5.82 Å². The number of pyridine rings is 1. The molecule has 76 valence electrons. The van der Waals surface area contributed by atoms with Gasteiger partial charge in [0.1, 0.15) is 5.56 Å². The zero-order chi connectivity index (χ0) is 10.9. The Labute approximate surface area is 90.2 Å². The number of alkyl halides is 2. The number of rotatable bonds is 2. The van der Waals surface area contributed by atoms with Gasteiger partial charge in [-0.2, -0.15) is 0 Å². The van der Waals surface area contributed by atoms with E-state index in [4.69, 9.17) is 11.6 Å². The Bertz CT molecular complexity index is 388. The monoisotopic (exact) mass is 286 g/mol. The lowest BCUT2D eigenvalue weighted by Gasteiger charge is -2.03. The lowest BCUT2D eigenvalue weighted by Crippen LogP contribution is -2.00. The van der Waals surface area contributed by atoms with E-state index in [2.05, 4.69) is 20.9 Å². The Morgan fingerprint density at radius 1 is 1.64 bits per heavy atom. The lowest BCUT2D eigenvalue weighted by molar-refractivity contribution is -0.391. The van der Waals surface area contributed by atoms with Crippen LogP contribution in [0.25, 0.3) is 0 Å². The molecule has 0 amide bonds. The van der Waals surface area contributed by atoms with Crippen molar-refractivity contribution in [1.29, 1.82) is 0 Å². The lowest BCUT2D eigenvalue weighted by atomic mass is 10.2. The molecule has 0 radical (unpaired) electrons. The van der Waals surface area contributed by atoms with Gasteiger partial charge < -0.3 is 10.1 Å². The van der Waals surface area contributed by atoms with E-state index in [1.807, 2.05) is 0 Å². The number of nitrogens with zero attached hydrogens (tertiary/aromatic N) is 2. The van der Waals surface area contributed by atoms with Crippen molar-refractivity contribution < 1.29 is 13.7 Å². The zero-order valence-corrected chi connectivity index (χ0v) is 8.72. The van der Waals surface area contributed by atoms with Gasteiger partial charge in [0.05, 0.1) is 9.50 Å². The number of hydrogen-bond donors (Lipinski definition) is 0. The Morgan fingerprint density at radius 2 is 2.21 bits per heavy atom. The molecule has 14 heavy (non-hydrogen) atoms. The van der Waals surface area contributed by atoms with Crippen molar-refractivity contribution in [3.8, 4) is 0 Å². The number of halogens is 4. The van der Waals surface area contributed by atoms with Crippen molar-refractivity contribution in [3.63, 3.8) is 0 Å². The summed E-state index contributed by atoms with van der Waals surface area (Å²) in [6.07, 6.45) is -2.03. The Balaban J connectivity index is 3.45. The molecule has 0 saturated heterocycles. The fraction of sp³-hybridized carbons (Fsp3) is 0.167. The van der Waals surface area contributed by atoms with Crippen LogP contribution in [-0.2, 0) is 0 Å². The van der Waals surface area contributed by atoms with E-state index in [0.717, 1.165) is 6.20 Å². The summed E-state index contributed by atoms with van der Waals surface area (Å²) >= 11 is 8.31. The normalized spacial score (nSPS) is 10.6. The van der Waals surface area contributed by atoms with Crippen molar-refractivity contribution in [2.45, 2.75) is 6.43 Å². The van der Waals surface area contributed by atoms with Crippen LogP contribution in [0, 0.1) is 10.1 Å². The predicted octanol–water partition coefficient (Wildman–Crippen LogP) is 3.34. The van der Waals surface area contributed by atoms with Crippen LogP contribution in [0.15, 0.2) is 10.7 Å². The van der Waals surface area contributed by atoms with Crippen molar-refractivity contribution in [1.82, 2.24) is 4.98 Å². The van der Waals surface area contributed by atoms with Gasteiger partial charge in [-0.05, 0) is 25.8 Å². The summed E-state index contributed by atoms with van der Waals surface area (Å²) < 4.78 is 24.9. The fourth-order valence-corrected chi connectivity index (χ4v) is 1.34. The molecule has 0 saturated carbocycles. The molecule has 0 atom stereocenters. The van der Waals surface area contributed by atoms with Crippen LogP contribution in [-0.4, -0.2) is 9.91 Å². The van der Waals surface area contributed by atoms with Gasteiger partial charge in [0, 0.05) is 0 Å². The van der Waals surface area contributed by atoms with Crippen molar-refractivity contribution in [2.24, 2.45) is 0 Å². The second kappa shape index (κ2) is 4.14. The maximum atomic E-state index is 12.4. The van der Waals surface area contributed by atoms with Crippen LogP contribution in [0.3, 0.4) is 0 Å². The molecule has 0 aromatic carbocycles. The Hall–Kier alpha value is -0.820. The smallest absolute Gasteiger partial charge is 0.358 e. The molecule has 0 bridgehead atoms. The van der Waals surface area contributed by atoms with E-state index in [1.165, 1.54) is 0 Å². The quantitative estimate of drug-likeness (QED) is 0.619. The molecule has 1 heterocycles. The molecule has 0 fully saturated rings. The van der Waals surface area contributed by atoms with E-state index < -0.39 is 22.7 Å². The first-order chi connectivity index (χ1) is 6.45. The summed E-state index contributed by atoms with van der Waals surface area (Å²) in [7, 11) is 0. The summed E-state index contributed by atoms with van der Waals surface area (Å²) in [4.78, 5) is 12.6. The molecule has 1 aromatic heterocycles. The predicted molar refractivity (Wildman–Crippen MR) is 48.6 cm³/mol. The maximum absolute atomic E-state index is 12.4. The molecule has 0 unspecified atom stereocenters. The van der Waals surface area contributed by atoms with E-state index in [-0.39, 0.29) is 9.50 Å². The molecule has 1 aromatic rings. The minimum absolute atomic E-state index is 0.0973. The standard InChI is InChI=1S/C6H2BrClF2N2O2/c7-2-1-11-6(12(13)14)3(4(2)8)5(9)10/h1,5H. The summed E-state index contributed by atoms with van der Waals surface area (Å²) in [5.41, 5.74) is -0.869.